The second-order valence-electron chi connectivity index (χ2n) is 7.93. The summed E-state index contributed by atoms with van der Waals surface area (Å²) in [5.41, 5.74) is 0.547. The van der Waals surface area contributed by atoms with Gasteiger partial charge in [-0.1, -0.05) is 36.6 Å². The highest BCUT2D eigenvalue weighted by Gasteiger charge is 2.37. The van der Waals surface area contributed by atoms with Gasteiger partial charge in [0.1, 0.15) is 0 Å². The van der Waals surface area contributed by atoms with Gasteiger partial charge in [-0.15, -0.1) is 0 Å². The summed E-state index contributed by atoms with van der Waals surface area (Å²) >= 11 is 6.20. The fourth-order valence-electron chi connectivity index (χ4n) is 4.49. The summed E-state index contributed by atoms with van der Waals surface area (Å²) in [7, 11) is 1.67. The minimum atomic E-state index is -0.0994. The third-order valence-corrected chi connectivity index (χ3v) is 6.37. The molecule has 3 rings (SSSR count). The van der Waals surface area contributed by atoms with Gasteiger partial charge in [0, 0.05) is 46.4 Å². The zero-order valence-corrected chi connectivity index (χ0v) is 18.0. The largest absolute Gasteiger partial charge is 0.385 e. The van der Waals surface area contributed by atoms with E-state index in [1.165, 1.54) is 12.8 Å². The van der Waals surface area contributed by atoms with Crippen molar-refractivity contribution in [3.05, 3.63) is 34.9 Å². The number of ether oxygens (including phenoxy) is 1. The number of hydrogen-bond donors (Lipinski definition) is 1. The Morgan fingerprint density at radius 1 is 1.17 bits per heavy atom. The molecule has 1 unspecified atom stereocenters. The van der Waals surface area contributed by atoms with Crippen LogP contribution < -0.4 is 5.32 Å². The van der Waals surface area contributed by atoms with Crippen molar-refractivity contribution in [1.29, 1.82) is 0 Å². The highest BCUT2D eigenvalue weighted by molar-refractivity contribution is 6.33. The number of amides is 2. The van der Waals surface area contributed by atoms with Crippen LogP contribution in [0.1, 0.15) is 42.5 Å². The average Bonchev–Trinajstić information content (AvgIpc) is 3.26. The standard InChI is InChI=1S/C22H32ClN3O3/c1-29-16-6-11-24-21(27)20(17-7-2-3-8-17)25-12-14-26(15-13-25)22(28)18-9-4-5-10-19(18)23/h4-5,9-10,17,20H,2-3,6-8,11-16H2,1H3,(H,24,27). The van der Waals surface area contributed by atoms with Crippen LogP contribution in [0.15, 0.2) is 24.3 Å². The average molecular weight is 422 g/mol. The quantitative estimate of drug-likeness (QED) is 0.655. The Morgan fingerprint density at radius 2 is 1.86 bits per heavy atom. The first-order valence-corrected chi connectivity index (χ1v) is 11.0. The van der Waals surface area contributed by atoms with Gasteiger partial charge in [0.05, 0.1) is 16.6 Å². The SMILES string of the molecule is COCCCNC(=O)C(C1CCCC1)N1CCN(C(=O)c2ccccc2Cl)CC1. The number of hydrogen-bond acceptors (Lipinski definition) is 4. The van der Waals surface area contributed by atoms with Gasteiger partial charge in [0.25, 0.3) is 5.91 Å². The molecule has 1 aliphatic carbocycles. The molecule has 2 fully saturated rings. The Bertz CT molecular complexity index is 686. The predicted octanol–water partition coefficient (Wildman–Crippen LogP) is 2.81. The molecular formula is C22H32ClN3O3. The Morgan fingerprint density at radius 3 is 2.52 bits per heavy atom. The summed E-state index contributed by atoms with van der Waals surface area (Å²) in [6, 6.07) is 7.08. The lowest BCUT2D eigenvalue weighted by Gasteiger charge is -2.40. The maximum absolute atomic E-state index is 13.0. The fraction of sp³-hybridized carbons (Fsp3) is 0.636. The fourth-order valence-corrected chi connectivity index (χ4v) is 4.71. The maximum Gasteiger partial charge on any atom is 0.255 e. The smallest absolute Gasteiger partial charge is 0.255 e. The minimum Gasteiger partial charge on any atom is -0.385 e. The van der Waals surface area contributed by atoms with Gasteiger partial charge in [0.2, 0.25) is 5.91 Å². The molecule has 1 aliphatic heterocycles. The number of rotatable bonds is 8. The van der Waals surface area contributed by atoms with E-state index in [0.29, 0.717) is 55.8 Å². The minimum absolute atomic E-state index is 0.0308. The van der Waals surface area contributed by atoms with Crippen molar-refractivity contribution in [3.8, 4) is 0 Å². The van der Waals surface area contributed by atoms with E-state index in [-0.39, 0.29) is 17.9 Å². The van der Waals surface area contributed by atoms with Crippen LogP contribution in [0.4, 0.5) is 0 Å². The van der Waals surface area contributed by atoms with Gasteiger partial charge in [-0.25, -0.2) is 0 Å². The topological polar surface area (TPSA) is 61.9 Å². The van der Waals surface area contributed by atoms with Crippen LogP contribution >= 0.6 is 11.6 Å². The summed E-state index contributed by atoms with van der Waals surface area (Å²) in [5, 5.41) is 3.59. The van der Waals surface area contributed by atoms with Gasteiger partial charge in [-0.3, -0.25) is 14.5 Å². The van der Waals surface area contributed by atoms with Crippen LogP contribution in [-0.2, 0) is 9.53 Å². The van der Waals surface area contributed by atoms with E-state index in [4.69, 9.17) is 16.3 Å². The first kappa shape index (κ1) is 22.1. The van der Waals surface area contributed by atoms with Crippen molar-refractivity contribution in [2.75, 3.05) is 46.4 Å². The zero-order chi connectivity index (χ0) is 20.6. The normalized spacial score (nSPS) is 19.3. The second-order valence-corrected chi connectivity index (χ2v) is 8.34. The van der Waals surface area contributed by atoms with Crippen molar-refractivity contribution in [2.24, 2.45) is 5.92 Å². The number of halogens is 1. The number of piperazine rings is 1. The monoisotopic (exact) mass is 421 g/mol. The molecule has 2 aliphatic rings. The molecule has 1 heterocycles. The van der Waals surface area contributed by atoms with E-state index in [2.05, 4.69) is 10.2 Å². The van der Waals surface area contributed by atoms with Gasteiger partial charge >= 0.3 is 0 Å². The summed E-state index contributed by atoms with van der Waals surface area (Å²) in [4.78, 5) is 29.9. The second kappa shape index (κ2) is 11.0. The molecule has 1 aromatic rings. The summed E-state index contributed by atoms with van der Waals surface area (Å²) in [6.07, 6.45) is 5.43. The van der Waals surface area contributed by atoms with Crippen molar-refractivity contribution >= 4 is 23.4 Å². The number of carbonyl (C=O) groups excluding carboxylic acids is 2. The number of nitrogens with zero attached hydrogens (tertiary/aromatic N) is 2. The predicted molar refractivity (Wildman–Crippen MR) is 114 cm³/mol. The molecule has 0 radical (unpaired) electrons. The van der Waals surface area contributed by atoms with Gasteiger partial charge in [-0.2, -0.15) is 0 Å². The lowest BCUT2D eigenvalue weighted by Crippen LogP contribution is -2.58. The van der Waals surface area contributed by atoms with Gasteiger partial charge in [-0.05, 0) is 37.3 Å². The van der Waals surface area contributed by atoms with E-state index in [0.717, 1.165) is 19.3 Å². The molecule has 1 aromatic carbocycles. The molecule has 0 bridgehead atoms. The number of carbonyl (C=O) groups is 2. The van der Waals surface area contributed by atoms with E-state index in [9.17, 15) is 9.59 Å². The lowest BCUT2D eigenvalue weighted by atomic mass is 9.95. The van der Waals surface area contributed by atoms with Crippen LogP contribution in [0, 0.1) is 5.92 Å². The molecule has 2 amide bonds. The highest BCUT2D eigenvalue weighted by Crippen LogP contribution is 2.31. The molecule has 1 saturated carbocycles. The lowest BCUT2D eigenvalue weighted by molar-refractivity contribution is -0.129. The van der Waals surface area contributed by atoms with Crippen molar-refractivity contribution in [1.82, 2.24) is 15.1 Å². The Labute approximate surface area is 178 Å². The molecule has 0 aromatic heterocycles. The summed E-state index contributed by atoms with van der Waals surface area (Å²) < 4.78 is 5.07. The van der Waals surface area contributed by atoms with Crippen molar-refractivity contribution in [2.45, 2.75) is 38.1 Å². The van der Waals surface area contributed by atoms with Gasteiger partial charge < -0.3 is 15.0 Å². The van der Waals surface area contributed by atoms with Crippen LogP contribution in [0.2, 0.25) is 5.02 Å². The Balaban J connectivity index is 1.60. The van der Waals surface area contributed by atoms with Crippen molar-refractivity contribution in [3.63, 3.8) is 0 Å². The van der Waals surface area contributed by atoms with Crippen molar-refractivity contribution < 1.29 is 14.3 Å². The molecule has 160 valence electrons. The molecule has 1 saturated heterocycles. The highest BCUT2D eigenvalue weighted by atomic mass is 35.5. The first-order chi connectivity index (χ1) is 14.1. The van der Waals surface area contributed by atoms with E-state index < -0.39 is 0 Å². The molecule has 0 spiro atoms. The number of nitrogens with one attached hydrogen (secondary N) is 1. The van der Waals surface area contributed by atoms with Crippen LogP contribution in [0.5, 0.6) is 0 Å². The van der Waals surface area contributed by atoms with E-state index in [1.807, 2.05) is 17.0 Å². The van der Waals surface area contributed by atoms with Gasteiger partial charge in [0.15, 0.2) is 0 Å². The molecule has 6 nitrogen and oxygen atoms in total. The molecule has 1 N–H and O–H groups in total. The van der Waals surface area contributed by atoms with E-state index >= 15 is 0 Å². The summed E-state index contributed by atoms with van der Waals surface area (Å²) in [5.74, 6) is 0.499. The number of methoxy groups -OCH3 is 1. The Kier molecular flexibility index (Phi) is 8.33. The van der Waals surface area contributed by atoms with Crippen LogP contribution in [0.25, 0.3) is 0 Å². The maximum atomic E-state index is 13.0. The molecule has 1 atom stereocenters. The third-order valence-electron chi connectivity index (χ3n) is 6.04. The zero-order valence-electron chi connectivity index (χ0n) is 17.2. The molecule has 29 heavy (non-hydrogen) atoms. The number of benzene rings is 1. The van der Waals surface area contributed by atoms with E-state index in [1.54, 1.807) is 19.2 Å². The first-order valence-electron chi connectivity index (χ1n) is 10.7. The molecular weight excluding hydrogens is 390 g/mol. The summed E-state index contributed by atoms with van der Waals surface area (Å²) in [6.45, 7) is 3.94. The third kappa shape index (κ3) is 5.71. The molecule has 7 heteroatoms. The van der Waals surface area contributed by atoms with Crippen LogP contribution in [0.3, 0.4) is 0 Å². The Hall–Kier alpha value is -1.63. The van der Waals surface area contributed by atoms with Crippen LogP contribution in [-0.4, -0.2) is 74.1 Å².